The van der Waals surface area contributed by atoms with Gasteiger partial charge in [-0.2, -0.15) is 13.2 Å². The lowest BCUT2D eigenvalue weighted by atomic mass is 10.0. The van der Waals surface area contributed by atoms with Crippen molar-refractivity contribution >= 4 is 12.0 Å². The fraction of sp³-hybridized carbons (Fsp3) is 0.263. The van der Waals surface area contributed by atoms with Crippen LogP contribution in [0.25, 0.3) is 0 Å². The van der Waals surface area contributed by atoms with Crippen molar-refractivity contribution in [2.45, 2.75) is 25.7 Å². The van der Waals surface area contributed by atoms with Crippen LogP contribution < -0.4 is 5.32 Å². The molecule has 0 aliphatic rings. The summed E-state index contributed by atoms with van der Waals surface area (Å²) in [6.45, 7) is 1.80. The van der Waals surface area contributed by atoms with E-state index in [9.17, 15) is 22.8 Å². The molecule has 0 aliphatic carbocycles. The maximum atomic E-state index is 12.8. The Hall–Kier alpha value is -3.03. The van der Waals surface area contributed by atoms with Gasteiger partial charge in [-0.25, -0.2) is 9.59 Å². The number of carboxylic acids is 1. The number of hydrogen-bond donors (Lipinski definition) is 2. The molecule has 0 aromatic heterocycles. The second-order valence-corrected chi connectivity index (χ2v) is 6.07. The largest absolute Gasteiger partial charge is 0.478 e. The first-order chi connectivity index (χ1) is 12.6. The Morgan fingerprint density at radius 2 is 1.78 bits per heavy atom. The van der Waals surface area contributed by atoms with Crippen molar-refractivity contribution in [1.29, 1.82) is 0 Å². The normalized spacial score (nSPS) is 12.3. The second-order valence-electron chi connectivity index (χ2n) is 6.07. The molecule has 144 valence electrons. The number of benzene rings is 2. The van der Waals surface area contributed by atoms with Crippen LogP contribution in [0.3, 0.4) is 0 Å². The average Bonchev–Trinajstić information content (AvgIpc) is 2.64. The highest BCUT2D eigenvalue weighted by molar-refractivity contribution is 5.87. The zero-order chi connectivity index (χ0) is 20.2. The molecule has 27 heavy (non-hydrogen) atoms. The van der Waals surface area contributed by atoms with Gasteiger partial charge >= 0.3 is 18.2 Å². The number of aromatic carboxylic acids is 1. The van der Waals surface area contributed by atoms with Crippen molar-refractivity contribution in [2.24, 2.45) is 0 Å². The third kappa shape index (κ3) is 5.22. The van der Waals surface area contributed by atoms with Crippen molar-refractivity contribution in [1.82, 2.24) is 10.2 Å². The van der Waals surface area contributed by atoms with Gasteiger partial charge in [0.15, 0.2) is 0 Å². The second kappa shape index (κ2) is 8.11. The Balaban J connectivity index is 2.01. The number of nitrogens with zero attached hydrogens (tertiary/aromatic N) is 1. The van der Waals surface area contributed by atoms with Gasteiger partial charge in [-0.1, -0.05) is 24.3 Å². The Bertz CT molecular complexity index is 820. The van der Waals surface area contributed by atoms with Gasteiger partial charge in [-0.3, -0.25) is 0 Å². The molecule has 8 heteroatoms. The van der Waals surface area contributed by atoms with E-state index in [1.807, 2.05) is 0 Å². The van der Waals surface area contributed by atoms with Crippen molar-refractivity contribution in [3.8, 4) is 0 Å². The number of halogens is 3. The Labute approximate surface area is 154 Å². The molecule has 0 bridgehead atoms. The first-order valence-electron chi connectivity index (χ1n) is 8.09. The quantitative estimate of drug-likeness (QED) is 0.812. The molecule has 1 unspecified atom stereocenters. The van der Waals surface area contributed by atoms with Crippen molar-refractivity contribution in [2.75, 3.05) is 7.05 Å². The Morgan fingerprint density at radius 3 is 2.33 bits per heavy atom. The van der Waals surface area contributed by atoms with E-state index in [4.69, 9.17) is 5.11 Å². The smallest absolute Gasteiger partial charge is 0.416 e. The van der Waals surface area contributed by atoms with E-state index >= 15 is 0 Å². The van der Waals surface area contributed by atoms with E-state index < -0.39 is 29.8 Å². The van der Waals surface area contributed by atoms with Crippen LogP contribution in [0.15, 0.2) is 48.5 Å². The molecule has 0 fully saturated rings. The predicted molar refractivity (Wildman–Crippen MR) is 93.3 cm³/mol. The highest BCUT2D eigenvalue weighted by Gasteiger charge is 2.31. The van der Waals surface area contributed by atoms with Crippen LogP contribution in [-0.4, -0.2) is 29.1 Å². The van der Waals surface area contributed by atoms with Crippen molar-refractivity contribution in [3.63, 3.8) is 0 Å². The summed E-state index contributed by atoms with van der Waals surface area (Å²) < 4.78 is 38.5. The third-order valence-electron chi connectivity index (χ3n) is 4.24. The van der Waals surface area contributed by atoms with Crippen LogP contribution in [0.1, 0.15) is 40.0 Å². The molecule has 0 spiro atoms. The Morgan fingerprint density at radius 1 is 1.15 bits per heavy atom. The average molecular weight is 380 g/mol. The minimum Gasteiger partial charge on any atom is -0.478 e. The number of carboxylic acid groups (broad SMARTS) is 1. The van der Waals surface area contributed by atoms with E-state index in [-0.39, 0.29) is 12.1 Å². The highest BCUT2D eigenvalue weighted by atomic mass is 19.4. The van der Waals surface area contributed by atoms with Gasteiger partial charge < -0.3 is 15.3 Å². The van der Waals surface area contributed by atoms with Crippen molar-refractivity contribution < 1.29 is 27.9 Å². The molecule has 5 nitrogen and oxygen atoms in total. The molecule has 0 aliphatic heterocycles. The first-order valence-corrected chi connectivity index (χ1v) is 8.09. The summed E-state index contributed by atoms with van der Waals surface area (Å²) in [6, 6.07) is 9.86. The fourth-order valence-corrected chi connectivity index (χ4v) is 2.44. The van der Waals surface area contributed by atoms with Crippen LogP contribution >= 0.6 is 0 Å². The van der Waals surface area contributed by atoms with Crippen LogP contribution in [0.2, 0.25) is 0 Å². The fourth-order valence-electron chi connectivity index (χ4n) is 2.44. The van der Waals surface area contributed by atoms with Crippen LogP contribution in [0, 0.1) is 0 Å². The molecule has 2 aromatic rings. The zero-order valence-electron chi connectivity index (χ0n) is 14.7. The van der Waals surface area contributed by atoms with Gasteiger partial charge in [-0.15, -0.1) is 0 Å². The summed E-state index contributed by atoms with van der Waals surface area (Å²) in [5.74, 6) is -1.04. The number of urea groups is 1. The number of carbonyl (C=O) groups excluding carboxylic acids is 1. The molecule has 2 amide bonds. The van der Waals surface area contributed by atoms with Gasteiger partial charge in [-0.05, 0) is 42.3 Å². The monoisotopic (exact) mass is 380 g/mol. The lowest BCUT2D eigenvalue weighted by Gasteiger charge is -2.26. The van der Waals surface area contributed by atoms with E-state index in [1.165, 1.54) is 36.2 Å². The molecule has 2 N–H and O–H groups in total. The molecular weight excluding hydrogens is 361 g/mol. The summed E-state index contributed by atoms with van der Waals surface area (Å²) in [6.07, 6.45) is -4.45. The molecule has 0 saturated heterocycles. The van der Waals surface area contributed by atoms with Crippen LogP contribution in [-0.2, 0) is 12.7 Å². The predicted octanol–water partition coefficient (Wildman–Crippen LogP) is 4.31. The van der Waals surface area contributed by atoms with E-state index in [0.29, 0.717) is 11.1 Å². The van der Waals surface area contributed by atoms with E-state index in [2.05, 4.69) is 5.32 Å². The summed E-state index contributed by atoms with van der Waals surface area (Å²) in [5, 5.41) is 11.5. The summed E-state index contributed by atoms with van der Waals surface area (Å²) in [4.78, 5) is 24.4. The van der Waals surface area contributed by atoms with Crippen molar-refractivity contribution in [3.05, 3.63) is 70.8 Å². The number of nitrogens with one attached hydrogen (secondary N) is 1. The minimum absolute atomic E-state index is 0.139. The van der Waals surface area contributed by atoms with Gasteiger partial charge in [0.05, 0.1) is 17.2 Å². The van der Waals surface area contributed by atoms with Crippen LogP contribution in [0.4, 0.5) is 18.0 Å². The molecule has 0 saturated carbocycles. The molecule has 2 aromatic carbocycles. The molecule has 2 rings (SSSR count). The lowest BCUT2D eigenvalue weighted by Crippen LogP contribution is -2.38. The molecular formula is C19H19F3N2O3. The summed E-state index contributed by atoms with van der Waals surface area (Å²) in [7, 11) is 1.49. The van der Waals surface area contributed by atoms with Crippen LogP contribution in [0.5, 0.6) is 0 Å². The number of hydrogen-bond acceptors (Lipinski definition) is 2. The standard InChI is InChI=1S/C19H19F3N2O3/c1-12(15-4-3-5-16(10-15)19(20,21)22)24(2)18(27)23-11-13-6-8-14(9-7-13)17(25)26/h3-10,12H,11H2,1-2H3,(H,23,27)(H,25,26). The summed E-state index contributed by atoms with van der Waals surface area (Å²) >= 11 is 0. The SMILES string of the molecule is CC(c1cccc(C(F)(F)F)c1)N(C)C(=O)NCc1ccc(C(=O)O)cc1. The third-order valence-corrected chi connectivity index (χ3v) is 4.24. The van der Waals surface area contributed by atoms with Gasteiger partial charge in [0, 0.05) is 13.6 Å². The van der Waals surface area contributed by atoms with Gasteiger partial charge in [0.1, 0.15) is 0 Å². The highest BCUT2D eigenvalue weighted by Crippen LogP contribution is 2.31. The maximum Gasteiger partial charge on any atom is 0.416 e. The van der Waals surface area contributed by atoms with E-state index in [0.717, 1.165) is 12.1 Å². The minimum atomic E-state index is -4.45. The topological polar surface area (TPSA) is 69.6 Å². The number of amides is 2. The molecule has 1 atom stereocenters. The Kier molecular flexibility index (Phi) is 6.09. The molecule has 0 radical (unpaired) electrons. The maximum absolute atomic E-state index is 12.8. The number of rotatable bonds is 5. The van der Waals surface area contributed by atoms with Gasteiger partial charge in [0.2, 0.25) is 0 Å². The number of alkyl halides is 3. The molecule has 0 heterocycles. The van der Waals surface area contributed by atoms with E-state index in [1.54, 1.807) is 19.1 Å². The number of carbonyl (C=O) groups is 2. The first kappa shape index (κ1) is 20.3. The lowest BCUT2D eigenvalue weighted by molar-refractivity contribution is -0.137. The summed E-state index contributed by atoms with van der Waals surface area (Å²) in [5.41, 5.74) is 0.446. The van der Waals surface area contributed by atoms with Gasteiger partial charge in [0.25, 0.3) is 0 Å². The zero-order valence-corrected chi connectivity index (χ0v) is 14.7.